The number of nitrogens with one attached hydrogen (secondary N) is 1. The number of aromatic amines is 1. The molecule has 2 unspecified atom stereocenters. The SMILES string of the molecule is CC(C)C(c1cc2ccc(Cl)cc2[nH]1)N1CC(CCCN=O)N=N1. The van der Waals surface area contributed by atoms with E-state index in [1.807, 2.05) is 18.2 Å². The third-order valence-electron chi connectivity index (χ3n) is 4.39. The van der Waals surface area contributed by atoms with Crippen LogP contribution in [-0.4, -0.2) is 29.1 Å². The fourth-order valence-electron chi connectivity index (χ4n) is 3.28. The summed E-state index contributed by atoms with van der Waals surface area (Å²) in [6.45, 7) is 5.49. The number of nitroso groups, excluding NO2 is 1. The largest absolute Gasteiger partial charge is 0.357 e. The number of fused-ring (bicyclic) bond motifs is 1. The third kappa shape index (κ3) is 3.59. The van der Waals surface area contributed by atoms with Crippen molar-refractivity contribution in [3.05, 3.63) is 39.9 Å². The molecular weight excluding hydrogens is 326 g/mol. The van der Waals surface area contributed by atoms with E-state index in [1.165, 1.54) is 0 Å². The van der Waals surface area contributed by atoms with Gasteiger partial charge in [-0.3, -0.25) is 5.01 Å². The lowest BCUT2D eigenvalue weighted by atomic mass is 9.99. The Balaban J connectivity index is 1.77. The molecule has 1 N–H and O–H groups in total. The monoisotopic (exact) mass is 347 g/mol. The minimum atomic E-state index is 0.133. The molecule has 1 aromatic carbocycles. The maximum Gasteiger partial charge on any atom is 0.0922 e. The van der Waals surface area contributed by atoms with Crippen LogP contribution in [0.3, 0.4) is 0 Å². The molecule has 0 saturated heterocycles. The van der Waals surface area contributed by atoms with Crippen LogP contribution in [0.25, 0.3) is 10.9 Å². The average molecular weight is 348 g/mol. The molecule has 0 fully saturated rings. The van der Waals surface area contributed by atoms with Crippen molar-refractivity contribution < 1.29 is 0 Å². The van der Waals surface area contributed by atoms with Crippen LogP contribution in [0.5, 0.6) is 0 Å². The number of rotatable bonds is 7. The van der Waals surface area contributed by atoms with Gasteiger partial charge in [-0.05, 0) is 42.3 Å². The highest BCUT2D eigenvalue weighted by Crippen LogP contribution is 2.34. The van der Waals surface area contributed by atoms with E-state index in [9.17, 15) is 4.91 Å². The first kappa shape index (κ1) is 16.9. The lowest BCUT2D eigenvalue weighted by Crippen LogP contribution is -2.29. The van der Waals surface area contributed by atoms with E-state index in [-0.39, 0.29) is 12.1 Å². The number of aromatic nitrogens is 1. The van der Waals surface area contributed by atoms with Gasteiger partial charge in [-0.25, -0.2) is 0 Å². The van der Waals surface area contributed by atoms with E-state index in [2.05, 4.69) is 45.4 Å². The van der Waals surface area contributed by atoms with E-state index in [1.54, 1.807) is 0 Å². The molecule has 0 amide bonds. The summed E-state index contributed by atoms with van der Waals surface area (Å²) in [5.41, 5.74) is 2.16. The summed E-state index contributed by atoms with van der Waals surface area (Å²) in [7, 11) is 0. The Kier molecular flexibility index (Phi) is 5.14. The molecule has 0 saturated carbocycles. The molecular formula is C17H22ClN5O. The fraction of sp³-hybridized carbons (Fsp3) is 0.529. The summed E-state index contributed by atoms with van der Waals surface area (Å²) in [5.74, 6) is 0.378. The number of hydrogen-bond acceptors (Lipinski definition) is 5. The highest BCUT2D eigenvalue weighted by molar-refractivity contribution is 6.31. The summed E-state index contributed by atoms with van der Waals surface area (Å²) < 4.78 is 0. The second kappa shape index (κ2) is 7.30. The second-order valence-corrected chi connectivity index (χ2v) is 7.06. The summed E-state index contributed by atoms with van der Waals surface area (Å²) in [6, 6.07) is 8.31. The zero-order valence-corrected chi connectivity index (χ0v) is 14.7. The molecule has 1 aromatic heterocycles. The summed E-state index contributed by atoms with van der Waals surface area (Å²) >= 11 is 6.08. The quantitative estimate of drug-likeness (QED) is 0.557. The van der Waals surface area contributed by atoms with Gasteiger partial charge in [-0.1, -0.05) is 41.9 Å². The Hall–Kier alpha value is -1.95. The first-order chi connectivity index (χ1) is 11.6. The van der Waals surface area contributed by atoms with Crippen LogP contribution in [0, 0.1) is 10.8 Å². The fourth-order valence-corrected chi connectivity index (χ4v) is 3.45. The maximum absolute atomic E-state index is 10.2. The van der Waals surface area contributed by atoms with Gasteiger partial charge in [0.1, 0.15) is 0 Å². The van der Waals surface area contributed by atoms with Crippen LogP contribution >= 0.6 is 11.6 Å². The normalized spacial score (nSPS) is 18.7. The van der Waals surface area contributed by atoms with Crippen molar-refractivity contribution in [1.29, 1.82) is 0 Å². The Morgan fingerprint density at radius 1 is 1.42 bits per heavy atom. The van der Waals surface area contributed by atoms with Crippen LogP contribution in [0.1, 0.15) is 38.4 Å². The Morgan fingerprint density at radius 3 is 3.00 bits per heavy atom. The van der Waals surface area contributed by atoms with Gasteiger partial charge < -0.3 is 4.98 Å². The van der Waals surface area contributed by atoms with Gasteiger partial charge in [0.15, 0.2) is 0 Å². The summed E-state index contributed by atoms with van der Waals surface area (Å²) in [5, 5.41) is 15.6. The average Bonchev–Trinajstić information content (AvgIpc) is 3.14. The van der Waals surface area contributed by atoms with Gasteiger partial charge in [-0.15, -0.1) is 0 Å². The topological polar surface area (TPSA) is 73.2 Å². The van der Waals surface area contributed by atoms with Crippen molar-refractivity contribution in [1.82, 2.24) is 9.99 Å². The van der Waals surface area contributed by atoms with Crippen molar-refractivity contribution in [2.24, 2.45) is 21.4 Å². The van der Waals surface area contributed by atoms with Gasteiger partial charge in [0.25, 0.3) is 0 Å². The van der Waals surface area contributed by atoms with Crippen LogP contribution in [0.4, 0.5) is 0 Å². The minimum absolute atomic E-state index is 0.133. The van der Waals surface area contributed by atoms with Crippen LogP contribution in [0.2, 0.25) is 5.02 Å². The first-order valence-electron chi connectivity index (χ1n) is 8.33. The molecule has 24 heavy (non-hydrogen) atoms. The molecule has 128 valence electrons. The maximum atomic E-state index is 10.2. The van der Waals surface area contributed by atoms with Gasteiger partial charge in [0.2, 0.25) is 0 Å². The zero-order chi connectivity index (χ0) is 17.1. The third-order valence-corrected chi connectivity index (χ3v) is 4.63. The highest BCUT2D eigenvalue weighted by Gasteiger charge is 2.30. The number of benzene rings is 1. The standard InChI is InChI=1S/C17H22ClN5O/c1-11(2)17(23-10-14(21-22-23)4-3-7-19-24)16-8-12-5-6-13(18)9-15(12)20-16/h5-6,8-9,11,14,17,20H,3-4,7,10H2,1-2H3. The van der Waals surface area contributed by atoms with Crippen LogP contribution < -0.4 is 0 Å². The van der Waals surface area contributed by atoms with E-state index < -0.39 is 0 Å². The number of nitrogens with zero attached hydrogens (tertiary/aromatic N) is 4. The molecule has 2 aromatic rings. The van der Waals surface area contributed by atoms with Crippen LogP contribution in [-0.2, 0) is 0 Å². The number of halogens is 1. The van der Waals surface area contributed by atoms with Crippen molar-refractivity contribution in [2.75, 3.05) is 13.1 Å². The molecule has 1 aliphatic rings. The lowest BCUT2D eigenvalue weighted by Gasteiger charge is -2.28. The zero-order valence-electron chi connectivity index (χ0n) is 13.9. The molecule has 3 rings (SSSR count). The molecule has 0 spiro atoms. The molecule has 7 heteroatoms. The van der Waals surface area contributed by atoms with Crippen molar-refractivity contribution in [3.63, 3.8) is 0 Å². The van der Waals surface area contributed by atoms with Crippen molar-refractivity contribution in [2.45, 2.75) is 38.8 Å². The highest BCUT2D eigenvalue weighted by atomic mass is 35.5. The van der Waals surface area contributed by atoms with E-state index in [0.717, 1.165) is 41.0 Å². The Labute approximate surface area is 146 Å². The number of H-pyrrole nitrogens is 1. The predicted octanol–water partition coefficient (Wildman–Crippen LogP) is 5.12. The number of hydrogen-bond donors (Lipinski definition) is 1. The Bertz CT molecular complexity index is 742. The predicted molar refractivity (Wildman–Crippen MR) is 96.1 cm³/mol. The first-order valence-corrected chi connectivity index (χ1v) is 8.71. The molecule has 2 atom stereocenters. The minimum Gasteiger partial charge on any atom is -0.357 e. The van der Waals surface area contributed by atoms with Gasteiger partial charge in [0, 0.05) is 16.2 Å². The van der Waals surface area contributed by atoms with Crippen molar-refractivity contribution in [3.8, 4) is 0 Å². The summed E-state index contributed by atoms with van der Waals surface area (Å²) in [4.78, 5) is 13.7. The second-order valence-electron chi connectivity index (χ2n) is 6.62. The van der Waals surface area contributed by atoms with Crippen molar-refractivity contribution >= 4 is 22.5 Å². The lowest BCUT2D eigenvalue weighted by molar-refractivity contribution is 0.169. The molecule has 2 heterocycles. The molecule has 0 radical (unpaired) electrons. The van der Waals surface area contributed by atoms with Gasteiger partial charge >= 0.3 is 0 Å². The van der Waals surface area contributed by atoms with Gasteiger partial charge in [-0.2, -0.15) is 10.0 Å². The van der Waals surface area contributed by atoms with Crippen LogP contribution in [0.15, 0.2) is 39.8 Å². The smallest absolute Gasteiger partial charge is 0.0922 e. The summed E-state index contributed by atoms with van der Waals surface area (Å²) in [6.07, 6.45) is 1.61. The van der Waals surface area contributed by atoms with E-state index >= 15 is 0 Å². The van der Waals surface area contributed by atoms with Gasteiger partial charge in [0.05, 0.1) is 25.2 Å². The molecule has 0 aliphatic carbocycles. The Morgan fingerprint density at radius 2 is 2.25 bits per heavy atom. The van der Waals surface area contributed by atoms with E-state index in [0.29, 0.717) is 12.5 Å². The van der Waals surface area contributed by atoms with E-state index in [4.69, 9.17) is 11.6 Å². The molecule has 0 bridgehead atoms. The molecule has 6 nitrogen and oxygen atoms in total. The molecule has 1 aliphatic heterocycles.